The van der Waals surface area contributed by atoms with Crippen molar-refractivity contribution in [3.05, 3.63) is 22.4 Å². The van der Waals surface area contributed by atoms with Crippen LogP contribution in [0, 0.1) is 0 Å². The van der Waals surface area contributed by atoms with Gasteiger partial charge in [-0.15, -0.1) is 11.3 Å². The summed E-state index contributed by atoms with van der Waals surface area (Å²) < 4.78 is 0. The summed E-state index contributed by atoms with van der Waals surface area (Å²) in [4.78, 5) is 17.6. The zero-order valence-electron chi connectivity index (χ0n) is 10.4. The molecule has 1 aliphatic rings. The molecule has 0 N–H and O–H groups in total. The zero-order chi connectivity index (χ0) is 12.1. The van der Waals surface area contributed by atoms with Crippen molar-refractivity contribution < 1.29 is 4.79 Å². The fourth-order valence-corrected chi connectivity index (χ4v) is 2.83. The Bertz CT molecular complexity index is 342. The molecule has 2 rings (SSSR count). The molecule has 2 heterocycles. The molecule has 0 saturated carbocycles. The summed E-state index contributed by atoms with van der Waals surface area (Å²) in [6, 6.07) is 4.22. The van der Waals surface area contributed by atoms with Crippen molar-refractivity contribution in [2.24, 2.45) is 0 Å². The summed E-state index contributed by atoms with van der Waals surface area (Å²) in [6.07, 6.45) is 2.71. The number of aryl methyl sites for hydroxylation is 1. The second-order valence-corrected chi connectivity index (χ2v) is 5.65. The van der Waals surface area contributed by atoms with Crippen molar-refractivity contribution in [1.29, 1.82) is 0 Å². The first-order valence-corrected chi connectivity index (χ1v) is 7.12. The van der Waals surface area contributed by atoms with Gasteiger partial charge in [0, 0.05) is 37.5 Å². The zero-order valence-corrected chi connectivity index (χ0v) is 11.2. The first-order chi connectivity index (χ1) is 8.25. The largest absolute Gasteiger partial charge is 0.340 e. The number of amides is 1. The van der Waals surface area contributed by atoms with Gasteiger partial charge in [-0.05, 0) is 31.3 Å². The van der Waals surface area contributed by atoms with Gasteiger partial charge in [-0.2, -0.15) is 0 Å². The minimum Gasteiger partial charge on any atom is -0.340 e. The first kappa shape index (κ1) is 12.6. The molecule has 1 aromatic heterocycles. The number of nitrogens with zero attached hydrogens (tertiary/aromatic N) is 2. The van der Waals surface area contributed by atoms with E-state index in [4.69, 9.17) is 0 Å². The van der Waals surface area contributed by atoms with E-state index in [9.17, 15) is 4.79 Å². The molecule has 1 aliphatic heterocycles. The molecule has 0 bridgehead atoms. The Morgan fingerprint density at radius 2 is 2.12 bits per heavy atom. The average molecular weight is 252 g/mol. The van der Waals surface area contributed by atoms with Crippen LogP contribution in [-0.4, -0.2) is 48.9 Å². The third-order valence-corrected chi connectivity index (χ3v) is 4.19. The minimum atomic E-state index is 0.328. The van der Waals surface area contributed by atoms with E-state index in [0.29, 0.717) is 12.3 Å². The average Bonchev–Trinajstić information content (AvgIpc) is 2.83. The Morgan fingerprint density at radius 1 is 1.35 bits per heavy atom. The van der Waals surface area contributed by atoms with Crippen LogP contribution in [0.15, 0.2) is 17.5 Å². The predicted octanol–water partition coefficient (Wildman–Crippen LogP) is 1.84. The van der Waals surface area contributed by atoms with E-state index in [-0.39, 0.29) is 0 Å². The van der Waals surface area contributed by atoms with Crippen molar-refractivity contribution >= 4 is 17.2 Å². The standard InChI is InChI=1S/C13H20N2OS/c1-14-7-9-15(10-8-14)13(16)6-2-4-12-5-3-11-17-12/h3,5,11H,2,4,6-10H2,1H3. The predicted molar refractivity (Wildman–Crippen MR) is 71.3 cm³/mol. The number of rotatable bonds is 4. The van der Waals surface area contributed by atoms with Crippen LogP contribution in [-0.2, 0) is 11.2 Å². The van der Waals surface area contributed by atoms with Gasteiger partial charge in [0.15, 0.2) is 0 Å². The molecule has 0 atom stereocenters. The highest BCUT2D eigenvalue weighted by Crippen LogP contribution is 2.13. The molecule has 0 spiro atoms. The number of hydrogen-bond donors (Lipinski definition) is 0. The van der Waals surface area contributed by atoms with Gasteiger partial charge in [0.1, 0.15) is 0 Å². The molecule has 1 amide bonds. The normalized spacial score (nSPS) is 17.4. The van der Waals surface area contributed by atoms with Crippen molar-refractivity contribution in [3.8, 4) is 0 Å². The topological polar surface area (TPSA) is 23.6 Å². The third kappa shape index (κ3) is 3.82. The lowest BCUT2D eigenvalue weighted by Crippen LogP contribution is -2.47. The molecule has 94 valence electrons. The van der Waals surface area contributed by atoms with Gasteiger partial charge in [-0.1, -0.05) is 6.07 Å². The molecule has 17 heavy (non-hydrogen) atoms. The smallest absolute Gasteiger partial charge is 0.222 e. The Labute approximate surface area is 107 Å². The first-order valence-electron chi connectivity index (χ1n) is 6.24. The Hall–Kier alpha value is -0.870. The van der Waals surface area contributed by atoms with Crippen LogP contribution in [0.3, 0.4) is 0 Å². The van der Waals surface area contributed by atoms with Gasteiger partial charge in [0.2, 0.25) is 5.91 Å². The maximum Gasteiger partial charge on any atom is 0.222 e. The van der Waals surface area contributed by atoms with Crippen LogP contribution >= 0.6 is 11.3 Å². The second-order valence-electron chi connectivity index (χ2n) is 4.62. The third-order valence-electron chi connectivity index (χ3n) is 3.25. The monoisotopic (exact) mass is 252 g/mol. The molecule has 1 saturated heterocycles. The highest BCUT2D eigenvalue weighted by atomic mass is 32.1. The quantitative estimate of drug-likeness (QED) is 0.816. The van der Waals surface area contributed by atoms with E-state index in [1.165, 1.54) is 4.88 Å². The van der Waals surface area contributed by atoms with Crippen molar-refractivity contribution in [3.63, 3.8) is 0 Å². The fourth-order valence-electron chi connectivity index (χ4n) is 2.08. The van der Waals surface area contributed by atoms with E-state index in [2.05, 4.69) is 29.5 Å². The van der Waals surface area contributed by atoms with E-state index < -0.39 is 0 Å². The fraction of sp³-hybridized carbons (Fsp3) is 0.615. The lowest BCUT2D eigenvalue weighted by atomic mass is 10.2. The number of hydrogen-bond acceptors (Lipinski definition) is 3. The van der Waals surface area contributed by atoms with E-state index in [0.717, 1.165) is 39.0 Å². The summed E-state index contributed by atoms with van der Waals surface area (Å²) >= 11 is 1.78. The number of likely N-dealkylation sites (N-methyl/N-ethyl adjacent to an activating group) is 1. The van der Waals surface area contributed by atoms with Gasteiger partial charge < -0.3 is 9.80 Å². The number of carbonyl (C=O) groups excluding carboxylic acids is 1. The summed E-state index contributed by atoms with van der Waals surface area (Å²) in [5.74, 6) is 0.328. The molecule has 0 unspecified atom stereocenters. The molecule has 3 nitrogen and oxygen atoms in total. The van der Waals surface area contributed by atoms with Crippen molar-refractivity contribution in [2.45, 2.75) is 19.3 Å². The van der Waals surface area contributed by atoms with Gasteiger partial charge in [-0.3, -0.25) is 4.79 Å². The Balaban J connectivity index is 1.67. The van der Waals surface area contributed by atoms with E-state index in [1.54, 1.807) is 11.3 Å². The lowest BCUT2D eigenvalue weighted by molar-refractivity contribution is -0.132. The van der Waals surface area contributed by atoms with Crippen LogP contribution in [0.25, 0.3) is 0 Å². The minimum absolute atomic E-state index is 0.328. The van der Waals surface area contributed by atoms with Crippen LogP contribution in [0.1, 0.15) is 17.7 Å². The molecule has 0 aromatic carbocycles. The van der Waals surface area contributed by atoms with Gasteiger partial charge >= 0.3 is 0 Å². The van der Waals surface area contributed by atoms with Gasteiger partial charge in [0.05, 0.1) is 0 Å². The Morgan fingerprint density at radius 3 is 2.76 bits per heavy atom. The van der Waals surface area contributed by atoms with Crippen LogP contribution < -0.4 is 0 Å². The van der Waals surface area contributed by atoms with Crippen LogP contribution in [0.4, 0.5) is 0 Å². The Kier molecular flexibility index (Phi) is 4.57. The molecule has 1 fully saturated rings. The van der Waals surface area contributed by atoms with Gasteiger partial charge in [-0.25, -0.2) is 0 Å². The number of thiophene rings is 1. The molecule has 0 aliphatic carbocycles. The summed E-state index contributed by atoms with van der Waals surface area (Å²) in [6.45, 7) is 3.82. The van der Waals surface area contributed by atoms with Crippen molar-refractivity contribution in [1.82, 2.24) is 9.80 Å². The summed E-state index contributed by atoms with van der Waals surface area (Å²) in [5.41, 5.74) is 0. The molecule has 4 heteroatoms. The van der Waals surface area contributed by atoms with Crippen molar-refractivity contribution in [2.75, 3.05) is 33.2 Å². The van der Waals surface area contributed by atoms with Crippen LogP contribution in [0.5, 0.6) is 0 Å². The molecular weight excluding hydrogens is 232 g/mol. The second kappa shape index (κ2) is 6.17. The summed E-state index contributed by atoms with van der Waals surface area (Å²) in [5, 5.41) is 2.09. The maximum absolute atomic E-state index is 11.9. The van der Waals surface area contributed by atoms with Gasteiger partial charge in [0.25, 0.3) is 0 Å². The molecule has 0 radical (unpaired) electrons. The maximum atomic E-state index is 11.9. The van der Waals surface area contributed by atoms with E-state index >= 15 is 0 Å². The lowest BCUT2D eigenvalue weighted by Gasteiger charge is -2.32. The SMILES string of the molecule is CN1CCN(C(=O)CCCc2cccs2)CC1. The molecular formula is C13H20N2OS. The highest BCUT2D eigenvalue weighted by molar-refractivity contribution is 7.09. The molecule has 1 aromatic rings. The van der Waals surface area contributed by atoms with Crippen LogP contribution in [0.2, 0.25) is 0 Å². The van der Waals surface area contributed by atoms with E-state index in [1.807, 2.05) is 4.90 Å². The number of carbonyl (C=O) groups is 1. The number of piperazine rings is 1. The highest BCUT2D eigenvalue weighted by Gasteiger charge is 2.18. The summed E-state index contributed by atoms with van der Waals surface area (Å²) in [7, 11) is 2.11.